The van der Waals surface area contributed by atoms with Crippen molar-refractivity contribution in [1.82, 2.24) is 19.7 Å². The molecule has 0 radical (unpaired) electrons. The minimum atomic E-state index is -0.193. The molecule has 2 amide bonds. The maximum atomic E-state index is 14.7. The predicted octanol–water partition coefficient (Wildman–Crippen LogP) is 8.68. The molecule has 274 valence electrons. The van der Waals surface area contributed by atoms with Crippen molar-refractivity contribution in [2.24, 2.45) is 17.3 Å². The second-order valence-corrected chi connectivity index (χ2v) is 17.3. The molecule has 5 aliphatic rings. The molecule has 1 saturated heterocycles. The van der Waals surface area contributed by atoms with Crippen LogP contribution in [0.15, 0.2) is 48.9 Å². The summed E-state index contributed by atoms with van der Waals surface area (Å²) in [6.45, 7) is 13.0. The van der Waals surface area contributed by atoms with Gasteiger partial charge in [-0.3, -0.25) is 14.4 Å². The van der Waals surface area contributed by atoms with Gasteiger partial charge in [0.2, 0.25) is 5.91 Å². The first-order valence-electron chi connectivity index (χ1n) is 19.3. The molecule has 3 heterocycles. The number of benzene rings is 1. The van der Waals surface area contributed by atoms with Crippen molar-refractivity contribution < 1.29 is 19.1 Å². The van der Waals surface area contributed by atoms with E-state index in [1.54, 1.807) is 7.11 Å². The van der Waals surface area contributed by atoms with Crippen molar-refractivity contribution >= 4 is 17.8 Å². The van der Waals surface area contributed by atoms with E-state index in [0.717, 1.165) is 80.7 Å². The molecular formula is C42H57N5O4. The zero-order valence-corrected chi connectivity index (χ0v) is 31.6. The van der Waals surface area contributed by atoms with Gasteiger partial charge in [-0.05, 0) is 150 Å². The fourth-order valence-corrected chi connectivity index (χ4v) is 9.30. The Balaban J connectivity index is 1.10. The number of carbonyl (C=O) groups is 2. The van der Waals surface area contributed by atoms with Gasteiger partial charge < -0.3 is 14.4 Å². The fourth-order valence-electron chi connectivity index (χ4n) is 9.30. The molecule has 1 aromatic carbocycles. The Labute approximate surface area is 304 Å². The number of aryl methyl sites for hydroxylation is 1. The molecule has 2 bridgehead atoms. The summed E-state index contributed by atoms with van der Waals surface area (Å²) >= 11 is 0. The second-order valence-electron chi connectivity index (χ2n) is 17.3. The molecule has 1 unspecified atom stereocenters. The molecule has 0 spiro atoms. The van der Waals surface area contributed by atoms with Crippen LogP contribution in [-0.4, -0.2) is 64.5 Å². The lowest BCUT2D eigenvalue weighted by atomic mass is 9.51. The van der Waals surface area contributed by atoms with Gasteiger partial charge in [0.05, 0.1) is 18.8 Å². The van der Waals surface area contributed by atoms with Crippen molar-refractivity contribution in [2.45, 2.75) is 122 Å². The van der Waals surface area contributed by atoms with Gasteiger partial charge in [0.1, 0.15) is 17.7 Å². The van der Waals surface area contributed by atoms with Crippen LogP contribution in [0.2, 0.25) is 0 Å². The standard InChI is InChI=1S/C42H57N5O4/c1-29-14-22-45(26-29)39(49)51-35-10-7-31(8-11-35)38(48)46(37-24-32(13-21-43-37)33-25-44-47(27-33)40(3,4)5)28-41-15-18-42(19-16-41,20-17-41)34-9-12-36(50-6)30(2)23-34/h9,12-13,21,23-25,27,29,31,35H,7-8,10-11,14-20,22,26,28H2,1-6H3. The van der Waals surface area contributed by atoms with Crippen LogP contribution < -0.4 is 9.64 Å². The average molecular weight is 696 g/mol. The van der Waals surface area contributed by atoms with Gasteiger partial charge in [0.15, 0.2) is 0 Å². The van der Waals surface area contributed by atoms with Crippen LogP contribution in [0.1, 0.15) is 109 Å². The topological polar surface area (TPSA) is 89.8 Å². The number of rotatable bonds is 8. The van der Waals surface area contributed by atoms with E-state index < -0.39 is 0 Å². The molecule has 5 fully saturated rings. The van der Waals surface area contributed by atoms with Crippen LogP contribution in [-0.2, 0) is 20.5 Å². The highest BCUT2D eigenvalue weighted by Crippen LogP contribution is 2.58. The van der Waals surface area contributed by atoms with Crippen molar-refractivity contribution in [1.29, 1.82) is 0 Å². The van der Waals surface area contributed by atoms with Crippen molar-refractivity contribution in [3.05, 3.63) is 60.0 Å². The fraction of sp³-hybridized carbons (Fsp3) is 0.619. The highest BCUT2D eigenvalue weighted by Gasteiger charge is 2.51. The van der Waals surface area contributed by atoms with E-state index in [1.807, 2.05) is 32.9 Å². The number of amides is 2. The van der Waals surface area contributed by atoms with Crippen LogP contribution in [0, 0.1) is 24.2 Å². The summed E-state index contributed by atoms with van der Waals surface area (Å²) in [5, 5.41) is 4.64. The molecule has 51 heavy (non-hydrogen) atoms. The van der Waals surface area contributed by atoms with Crippen molar-refractivity contribution in [3.63, 3.8) is 0 Å². The summed E-state index contributed by atoms with van der Waals surface area (Å²) in [7, 11) is 1.74. The van der Waals surface area contributed by atoms with E-state index in [2.05, 4.69) is 70.2 Å². The number of pyridine rings is 1. The average Bonchev–Trinajstić information content (AvgIpc) is 3.82. The lowest BCUT2D eigenvalue weighted by molar-refractivity contribution is -0.124. The molecule has 9 heteroatoms. The Bertz CT molecular complexity index is 1710. The van der Waals surface area contributed by atoms with E-state index >= 15 is 0 Å². The summed E-state index contributed by atoms with van der Waals surface area (Å²) in [6, 6.07) is 10.8. The summed E-state index contributed by atoms with van der Waals surface area (Å²) in [5.74, 6) is 2.23. The first kappa shape index (κ1) is 35.5. The second kappa shape index (κ2) is 13.9. The summed E-state index contributed by atoms with van der Waals surface area (Å²) in [5.41, 5.74) is 4.79. The van der Waals surface area contributed by atoms with Gasteiger partial charge in [0.25, 0.3) is 0 Å². The largest absolute Gasteiger partial charge is 0.496 e. The van der Waals surface area contributed by atoms with Gasteiger partial charge in [-0.1, -0.05) is 19.1 Å². The van der Waals surface area contributed by atoms with E-state index in [1.165, 1.54) is 11.1 Å². The zero-order chi connectivity index (χ0) is 36.0. The third-order valence-corrected chi connectivity index (χ3v) is 12.8. The number of aromatic nitrogens is 3. The lowest BCUT2D eigenvalue weighted by Gasteiger charge is -2.55. The molecule has 2 aromatic heterocycles. The highest BCUT2D eigenvalue weighted by molar-refractivity contribution is 5.95. The number of ether oxygens (including phenoxy) is 2. The Hall–Kier alpha value is -3.88. The maximum absolute atomic E-state index is 14.7. The van der Waals surface area contributed by atoms with Gasteiger partial charge >= 0.3 is 6.09 Å². The lowest BCUT2D eigenvalue weighted by Crippen LogP contribution is -2.52. The smallest absolute Gasteiger partial charge is 0.410 e. The number of likely N-dealkylation sites (tertiary alicyclic amines) is 1. The number of hydrogen-bond acceptors (Lipinski definition) is 6. The normalized spacial score (nSPS) is 27.7. The number of nitrogens with zero attached hydrogens (tertiary/aromatic N) is 5. The minimum absolute atomic E-state index is 0.0628. The molecule has 9 nitrogen and oxygen atoms in total. The molecule has 1 atom stereocenters. The van der Waals surface area contributed by atoms with Crippen molar-refractivity contribution in [2.75, 3.05) is 31.6 Å². The Kier molecular flexibility index (Phi) is 9.70. The third-order valence-electron chi connectivity index (χ3n) is 12.8. The molecule has 3 aromatic rings. The molecule has 4 aliphatic carbocycles. The first-order valence-corrected chi connectivity index (χ1v) is 19.3. The van der Waals surface area contributed by atoms with Crippen LogP contribution in [0.4, 0.5) is 10.6 Å². The quantitative estimate of drug-likeness (QED) is 0.234. The zero-order valence-electron chi connectivity index (χ0n) is 31.6. The van der Waals surface area contributed by atoms with Gasteiger partial charge in [-0.15, -0.1) is 0 Å². The minimum Gasteiger partial charge on any atom is -0.496 e. The number of anilines is 1. The number of carbonyl (C=O) groups excluding carboxylic acids is 2. The SMILES string of the molecule is COc1ccc(C23CCC(CN(C(=O)C4CCC(OC(=O)N5CCC(C)C5)CC4)c4cc(-c5cnn(C(C)(C)C)c5)ccn4)(CC2)CC3)cc1C. The third kappa shape index (κ3) is 7.27. The number of methoxy groups -OCH3 is 1. The summed E-state index contributed by atoms with van der Waals surface area (Å²) in [4.78, 5) is 36.3. The van der Waals surface area contributed by atoms with Gasteiger partial charge in [0, 0.05) is 43.5 Å². The Morgan fingerprint density at radius 2 is 1.69 bits per heavy atom. The molecule has 0 N–H and O–H groups in total. The van der Waals surface area contributed by atoms with Gasteiger partial charge in [-0.25, -0.2) is 9.78 Å². The van der Waals surface area contributed by atoms with E-state index in [0.29, 0.717) is 38.1 Å². The Morgan fingerprint density at radius 3 is 2.29 bits per heavy atom. The van der Waals surface area contributed by atoms with E-state index in [4.69, 9.17) is 14.5 Å². The predicted molar refractivity (Wildman–Crippen MR) is 200 cm³/mol. The van der Waals surface area contributed by atoms with Gasteiger partial charge in [-0.2, -0.15) is 5.10 Å². The first-order chi connectivity index (χ1) is 24.4. The molecule has 1 aliphatic heterocycles. The highest BCUT2D eigenvalue weighted by atomic mass is 16.6. The van der Waals surface area contributed by atoms with Crippen LogP contribution in [0.5, 0.6) is 5.75 Å². The van der Waals surface area contributed by atoms with E-state index in [-0.39, 0.29) is 40.4 Å². The van der Waals surface area contributed by atoms with E-state index in [9.17, 15) is 9.59 Å². The van der Waals surface area contributed by atoms with Crippen LogP contribution >= 0.6 is 0 Å². The monoisotopic (exact) mass is 695 g/mol. The summed E-state index contributed by atoms with van der Waals surface area (Å²) in [6.07, 6.45) is 16.1. The van der Waals surface area contributed by atoms with Crippen LogP contribution in [0.3, 0.4) is 0 Å². The van der Waals surface area contributed by atoms with Crippen molar-refractivity contribution in [3.8, 4) is 16.9 Å². The summed E-state index contributed by atoms with van der Waals surface area (Å²) < 4.78 is 13.5. The molecule has 8 rings (SSSR count). The Morgan fingerprint density at radius 1 is 0.961 bits per heavy atom. The maximum Gasteiger partial charge on any atom is 0.410 e. The molecular weight excluding hydrogens is 638 g/mol. The molecule has 4 saturated carbocycles. The number of fused-ring (bicyclic) bond motifs is 3. The van der Waals surface area contributed by atoms with Crippen LogP contribution in [0.25, 0.3) is 11.1 Å². The number of hydrogen-bond donors (Lipinski definition) is 0.